The zero-order chi connectivity index (χ0) is 17.1. The van der Waals surface area contributed by atoms with Gasteiger partial charge in [-0.05, 0) is 25.0 Å². The number of H-pyrrole nitrogens is 1. The molecule has 1 aromatic carbocycles. The lowest BCUT2D eigenvalue weighted by Crippen LogP contribution is -2.39. The van der Waals surface area contributed by atoms with Crippen LogP contribution in [0.15, 0.2) is 29.2 Å². The molecule has 2 amide bonds. The smallest absolute Gasteiger partial charge is 0.257 e. The van der Waals surface area contributed by atoms with Gasteiger partial charge in [-0.1, -0.05) is 0 Å². The number of pyridine rings is 1. The molecule has 0 aliphatic carbocycles. The fourth-order valence-electron chi connectivity index (χ4n) is 2.83. The van der Waals surface area contributed by atoms with Gasteiger partial charge in [0.05, 0.1) is 19.2 Å². The molecule has 126 valence electrons. The first-order chi connectivity index (χ1) is 11.6. The predicted octanol–water partition coefficient (Wildman–Crippen LogP) is 0.889. The molecule has 0 atom stereocenters. The van der Waals surface area contributed by atoms with Crippen molar-refractivity contribution in [3.8, 4) is 5.75 Å². The Hall–Kier alpha value is -2.83. The maximum Gasteiger partial charge on any atom is 0.257 e. The number of carbonyl (C=O) groups is 2. The summed E-state index contributed by atoms with van der Waals surface area (Å²) in [6.45, 7) is 1.36. The van der Waals surface area contributed by atoms with E-state index in [4.69, 9.17) is 4.74 Å². The number of nitrogens with one attached hydrogen (secondary N) is 2. The highest BCUT2D eigenvalue weighted by Gasteiger charge is 2.19. The van der Waals surface area contributed by atoms with Crippen molar-refractivity contribution >= 4 is 22.7 Å². The molecule has 0 saturated carbocycles. The number of hydrogen-bond donors (Lipinski definition) is 2. The van der Waals surface area contributed by atoms with Gasteiger partial charge in [-0.25, -0.2) is 0 Å². The quantitative estimate of drug-likeness (QED) is 0.871. The molecule has 1 aliphatic rings. The van der Waals surface area contributed by atoms with Gasteiger partial charge < -0.3 is 19.9 Å². The number of carbonyl (C=O) groups excluding carboxylic acids is 2. The molecule has 1 aliphatic heterocycles. The van der Waals surface area contributed by atoms with Gasteiger partial charge in [0.2, 0.25) is 11.3 Å². The zero-order valence-electron chi connectivity index (χ0n) is 13.4. The monoisotopic (exact) mass is 329 g/mol. The Morgan fingerprint density at radius 1 is 1.29 bits per heavy atom. The van der Waals surface area contributed by atoms with Crippen LogP contribution in [0.2, 0.25) is 0 Å². The maximum atomic E-state index is 12.5. The SMILES string of the molecule is COc1ccc2c(=O)c(C(=O)NCC(=O)N3CCCC3)c[nH]c2c1. The van der Waals surface area contributed by atoms with E-state index in [0.29, 0.717) is 16.7 Å². The minimum absolute atomic E-state index is 0.0121. The van der Waals surface area contributed by atoms with Crippen LogP contribution in [0.4, 0.5) is 0 Å². The lowest BCUT2D eigenvalue weighted by molar-refractivity contribution is -0.129. The molecule has 0 radical (unpaired) electrons. The highest BCUT2D eigenvalue weighted by Crippen LogP contribution is 2.16. The number of hydrogen-bond acceptors (Lipinski definition) is 4. The van der Waals surface area contributed by atoms with Crippen molar-refractivity contribution in [1.29, 1.82) is 0 Å². The number of fused-ring (bicyclic) bond motifs is 1. The van der Waals surface area contributed by atoms with Crippen molar-refractivity contribution < 1.29 is 14.3 Å². The van der Waals surface area contributed by atoms with Gasteiger partial charge >= 0.3 is 0 Å². The number of rotatable bonds is 4. The molecule has 0 unspecified atom stereocenters. The third-order valence-corrected chi connectivity index (χ3v) is 4.19. The highest BCUT2D eigenvalue weighted by molar-refractivity contribution is 5.98. The van der Waals surface area contributed by atoms with Gasteiger partial charge in [-0.3, -0.25) is 14.4 Å². The summed E-state index contributed by atoms with van der Waals surface area (Å²) >= 11 is 0. The standard InChI is InChI=1S/C17H19N3O4/c1-24-11-4-5-12-14(8-11)18-9-13(16(12)22)17(23)19-10-15(21)20-6-2-3-7-20/h4-5,8-9H,2-3,6-7,10H2,1H3,(H,18,22)(H,19,23). The molecule has 1 aromatic heterocycles. The Morgan fingerprint density at radius 2 is 2.04 bits per heavy atom. The van der Waals surface area contributed by atoms with E-state index in [9.17, 15) is 14.4 Å². The summed E-state index contributed by atoms with van der Waals surface area (Å²) in [4.78, 5) is 41.3. The molecule has 1 saturated heterocycles. The van der Waals surface area contributed by atoms with Crippen LogP contribution in [-0.2, 0) is 4.79 Å². The van der Waals surface area contributed by atoms with E-state index in [1.54, 1.807) is 30.2 Å². The van der Waals surface area contributed by atoms with Gasteiger partial charge in [0.1, 0.15) is 11.3 Å². The van der Waals surface area contributed by atoms with Crippen molar-refractivity contribution in [2.24, 2.45) is 0 Å². The number of aromatic amines is 1. The summed E-state index contributed by atoms with van der Waals surface area (Å²) in [5.41, 5.74) is 0.198. The first-order valence-corrected chi connectivity index (χ1v) is 7.85. The first-order valence-electron chi connectivity index (χ1n) is 7.85. The topological polar surface area (TPSA) is 91.5 Å². The Balaban J connectivity index is 1.76. The zero-order valence-corrected chi connectivity index (χ0v) is 13.4. The number of ether oxygens (including phenoxy) is 1. The Labute approximate surface area is 138 Å². The predicted molar refractivity (Wildman–Crippen MR) is 89.3 cm³/mol. The summed E-state index contributed by atoms with van der Waals surface area (Å²) < 4.78 is 5.11. The summed E-state index contributed by atoms with van der Waals surface area (Å²) in [6.07, 6.45) is 3.35. The van der Waals surface area contributed by atoms with E-state index in [2.05, 4.69) is 10.3 Å². The fraction of sp³-hybridized carbons (Fsp3) is 0.353. The van der Waals surface area contributed by atoms with Crippen LogP contribution in [0.3, 0.4) is 0 Å². The number of aromatic nitrogens is 1. The second kappa shape index (κ2) is 6.74. The Morgan fingerprint density at radius 3 is 2.75 bits per heavy atom. The second-order valence-corrected chi connectivity index (χ2v) is 5.71. The summed E-state index contributed by atoms with van der Waals surface area (Å²) in [6, 6.07) is 4.96. The van der Waals surface area contributed by atoms with Gasteiger partial charge in [0.15, 0.2) is 0 Å². The fourth-order valence-corrected chi connectivity index (χ4v) is 2.83. The minimum atomic E-state index is -0.554. The molecule has 0 bridgehead atoms. The average molecular weight is 329 g/mol. The van der Waals surface area contributed by atoms with Gasteiger partial charge in [0.25, 0.3) is 5.91 Å². The number of amides is 2. The molecule has 2 heterocycles. The number of benzene rings is 1. The van der Waals surface area contributed by atoms with Crippen molar-refractivity contribution in [2.45, 2.75) is 12.8 Å². The molecule has 2 N–H and O–H groups in total. The van der Waals surface area contributed by atoms with E-state index in [-0.39, 0.29) is 23.4 Å². The van der Waals surface area contributed by atoms with Crippen LogP contribution >= 0.6 is 0 Å². The van der Waals surface area contributed by atoms with Crippen LogP contribution < -0.4 is 15.5 Å². The summed E-state index contributed by atoms with van der Waals surface area (Å²) in [7, 11) is 1.54. The molecule has 0 spiro atoms. The van der Waals surface area contributed by atoms with Crippen LogP contribution in [0.1, 0.15) is 23.2 Å². The number of methoxy groups -OCH3 is 1. The van der Waals surface area contributed by atoms with E-state index in [1.807, 2.05) is 0 Å². The van der Waals surface area contributed by atoms with Gasteiger partial charge in [-0.15, -0.1) is 0 Å². The van der Waals surface area contributed by atoms with Crippen molar-refractivity contribution in [3.05, 3.63) is 40.2 Å². The van der Waals surface area contributed by atoms with E-state index in [1.165, 1.54) is 6.20 Å². The lowest BCUT2D eigenvalue weighted by atomic mass is 10.1. The van der Waals surface area contributed by atoms with E-state index < -0.39 is 5.91 Å². The van der Waals surface area contributed by atoms with Crippen LogP contribution in [0, 0.1) is 0 Å². The number of likely N-dealkylation sites (tertiary alicyclic amines) is 1. The van der Waals surface area contributed by atoms with Crippen LogP contribution in [-0.4, -0.2) is 48.4 Å². The molecule has 2 aromatic rings. The summed E-state index contributed by atoms with van der Waals surface area (Å²) in [5, 5.41) is 2.93. The van der Waals surface area contributed by atoms with Crippen molar-refractivity contribution in [1.82, 2.24) is 15.2 Å². The summed E-state index contributed by atoms with van der Waals surface area (Å²) in [5.74, 6) is -0.0594. The molecule has 7 nitrogen and oxygen atoms in total. The Kier molecular flexibility index (Phi) is 4.50. The third-order valence-electron chi connectivity index (χ3n) is 4.19. The average Bonchev–Trinajstić information content (AvgIpc) is 3.14. The molecule has 3 rings (SSSR count). The second-order valence-electron chi connectivity index (χ2n) is 5.71. The van der Waals surface area contributed by atoms with Crippen molar-refractivity contribution in [3.63, 3.8) is 0 Å². The first kappa shape index (κ1) is 16.0. The molecule has 1 fully saturated rings. The normalized spacial score (nSPS) is 14.0. The highest BCUT2D eigenvalue weighted by atomic mass is 16.5. The maximum absolute atomic E-state index is 12.5. The molecular weight excluding hydrogens is 310 g/mol. The van der Waals surface area contributed by atoms with Crippen molar-refractivity contribution in [2.75, 3.05) is 26.7 Å². The van der Waals surface area contributed by atoms with Gasteiger partial charge in [0, 0.05) is 30.7 Å². The molecular formula is C17H19N3O4. The van der Waals surface area contributed by atoms with Crippen LogP contribution in [0.5, 0.6) is 5.75 Å². The largest absolute Gasteiger partial charge is 0.497 e. The minimum Gasteiger partial charge on any atom is -0.497 e. The molecule has 24 heavy (non-hydrogen) atoms. The van der Waals surface area contributed by atoms with Gasteiger partial charge in [-0.2, -0.15) is 0 Å². The van der Waals surface area contributed by atoms with E-state index >= 15 is 0 Å². The third kappa shape index (κ3) is 3.10. The molecule has 7 heteroatoms. The lowest BCUT2D eigenvalue weighted by Gasteiger charge is -2.15. The van der Waals surface area contributed by atoms with E-state index in [0.717, 1.165) is 25.9 Å². The van der Waals surface area contributed by atoms with Crippen LogP contribution in [0.25, 0.3) is 10.9 Å². The number of nitrogens with zero attached hydrogens (tertiary/aromatic N) is 1. The Bertz CT molecular complexity index is 837.